The summed E-state index contributed by atoms with van der Waals surface area (Å²) in [5.41, 5.74) is 6.58. The number of hydrogen-bond acceptors (Lipinski definition) is 4. The lowest BCUT2D eigenvalue weighted by atomic mass is 10.2. The Morgan fingerprint density at radius 1 is 1.53 bits per heavy atom. The van der Waals surface area contributed by atoms with Crippen LogP contribution in [-0.4, -0.2) is 29.4 Å². The van der Waals surface area contributed by atoms with Gasteiger partial charge in [-0.05, 0) is 6.92 Å². The highest BCUT2D eigenvalue weighted by atomic mass is 32.2. The lowest BCUT2D eigenvalue weighted by Crippen LogP contribution is -2.11. The molecule has 0 bridgehead atoms. The first-order valence-electron chi connectivity index (χ1n) is 5.30. The Morgan fingerprint density at radius 3 is 2.82 bits per heavy atom. The summed E-state index contributed by atoms with van der Waals surface area (Å²) in [4.78, 5) is 0. The van der Waals surface area contributed by atoms with Crippen LogP contribution >= 0.6 is 0 Å². The molecule has 0 aliphatic rings. The van der Waals surface area contributed by atoms with Gasteiger partial charge in [-0.1, -0.05) is 0 Å². The third-order valence-electron chi connectivity index (χ3n) is 2.11. The van der Waals surface area contributed by atoms with Gasteiger partial charge in [0.2, 0.25) is 0 Å². The molecule has 1 rings (SSSR count). The quantitative estimate of drug-likeness (QED) is 0.763. The molecule has 4 nitrogen and oxygen atoms in total. The molecule has 96 valence electrons. The number of halogens is 1. The van der Waals surface area contributed by atoms with E-state index in [1.54, 1.807) is 13.2 Å². The van der Waals surface area contributed by atoms with Crippen molar-refractivity contribution in [1.29, 1.82) is 0 Å². The van der Waals surface area contributed by atoms with Crippen LogP contribution in [0.5, 0.6) is 5.75 Å². The fourth-order valence-corrected chi connectivity index (χ4v) is 1.71. The Labute approximate surface area is 103 Å². The van der Waals surface area contributed by atoms with Crippen LogP contribution < -0.4 is 15.8 Å². The minimum Gasteiger partial charge on any atom is -0.491 e. The zero-order valence-electron chi connectivity index (χ0n) is 9.96. The first-order valence-corrected chi connectivity index (χ1v) is 7.03. The SMILES string of the molecule is CCOc1cc(NCCS(C)=O)c(N)cc1F. The van der Waals surface area contributed by atoms with Crippen LogP contribution in [0.2, 0.25) is 0 Å². The molecule has 3 N–H and O–H groups in total. The van der Waals surface area contributed by atoms with E-state index in [0.717, 1.165) is 0 Å². The molecule has 6 heteroatoms. The molecule has 0 spiro atoms. The second kappa shape index (κ2) is 6.44. The predicted octanol–water partition coefficient (Wildman–Crippen LogP) is 1.60. The average Bonchev–Trinajstić information content (AvgIpc) is 2.24. The van der Waals surface area contributed by atoms with E-state index in [9.17, 15) is 8.60 Å². The van der Waals surface area contributed by atoms with E-state index in [0.29, 0.717) is 30.3 Å². The molecule has 1 unspecified atom stereocenters. The summed E-state index contributed by atoms with van der Waals surface area (Å²) in [7, 11) is -0.868. The number of rotatable bonds is 6. The highest BCUT2D eigenvalue weighted by molar-refractivity contribution is 7.84. The Balaban J connectivity index is 2.76. The minimum absolute atomic E-state index is 0.168. The minimum atomic E-state index is -0.868. The molecule has 0 aliphatic heterocycles. The monoisotopic (exact) mass is 260 g/mol. The van der Waals surface area contributed by atoms with Crippen molar-refractivity contribution in [1.82, 2.24) is 0 Å². The van der Waals surface area contributed by atoms with E-state index < -0.39 is 16.6 Å². The molecule has 17 heavy (non-hydrogen) atoms. The standard InChI is InChI=1S/C11H17FN2O2S/c1-3-16-11-7-10(9(13)6-8(11)12)14-4-5-17(2)15/h6-7,14H,3-5,13H2,1-2H3. The highest BCUT2D eigenvalue weighted by Crippen LogP contribution is 2.28. The maximum Gasteiger partial charge on any atom is 0.167 e. The van der Waals surface area contributed by atoms with Crippen molar-refractivity contribution in [2.24, 2.45) is 0 Å². The number of nitrogens with one attached hydrogen (secondary N) is 1. The molecular weight excluding hydrogens is 243 g/mol. The van der Waals surface area contributed by atoms with Crippen molar-refractivity contribution in [2.45, 2.75) is 6.92 Å². The summed E-state index contributed by atoms with van der Waals surface area (Å²) in [6.07, 6.45) is 1.63. The van der Waals surface area contributed by atoms with Crippen molar-refractivity contribution >= 4 is 22.2 Å². The smallest absolute Gasteiger partial charge is 0.167 e. The van der Waals surface area contributed by atoms with Gasteiger partial charge in [-0.25, -0.2) is 4.39 Å². The number of hydrogen-bond donors (Lipinski definition) is 2. The Morgan fingerprint density at radius 2 is 2.24 bits per heavy atom. The van der Waals surface area contributed by atoms with Gasteiger partial charge in [-0.3, -0.25) is 4.21 Å². The highest BCUT2D eigenvalue weighted by Gasteiger charge is 2.08. The zero-order chi connectivity index (χ0) is 12.8. The molecule has 0 aliphatic carbocycles. The van der Waals surface area contributed by atoms with Crippen LogP contribution in [0.3, 0.4) is 0 Å². The first-order chi connectivity index (χ1) is 8.04. The summed E-state index contributed by atoms with van der Waals surface area (Å²) in [6, 6.07) is 2.74. The van der Waals surface area contributed by atoms with Crippen molar-refractivity contribution in [3.05, 3.63) is 17.9 Å². The summed E-state index contributed by atoms with van der Waals surface area (Å²) in [6.45, 7) is 2.69. The normalized spacial score (nSPS) is 12.2. The van der Waals surface area contributed by atoms with E-state index in [1.807, 2.05) is 0 Å². The fraction of sp³-hybridized carbons (Fsp3) is 0.455. The van der Waals surface area contributed by atoms with Crippen LogP contribution in [0.4, 0.5) is 15.8 Å². The molecule has 0 fully saturated rings. The summed E-state index contributed by atoms with van der Waals surface area (Å²) >= 11 is 0. The van der Waals surface area contributed by atoms with Crippen molar-refractivity contribution < 1.29 is 13.3 Å². The average molecular weight is 260 g/mol. The van der Waals surface area contributed by atoms with Crippen molar-refractivity contribution in [2.75, 3.05) is 36.2 Å². The van der Waals surface area contributed by atoms with Crippen molar-refractivity contribution in [3.8, 4) is 5.75 Å². The van der Waals surface area contributed by atoms with E-state index >= 15 is 0 Å². The van der Waals surface area contributed by atoms with Gasteiger partial charge in [0.15, 0.2) is 11.6 Å². The Bertz CT molecular complexity index is 413. The molecule has 0 saturated carbocycles. The fourth-order valence-electron chi connectivity index (χ4n) is 1.32. The van der Waals surface area contributed by atoms with Gasteiger partial charge in [-0.15, -0.1) is 0 Å². The maximum atomic E-state index is 13.4. The topological polar surface area (TPSA) is 64.3 Å². The van der Waals surface area contributed by atoms with Crippen LogP contribution in [0.1, 0.15) is 6.92 Å². The Kier molecular flexibility index (Phi) is 5.21. The van der Waals surface area contributed by atoms with Crippen LogP contribution in [0.15, 0.2) is 12.1 Å². The van der Waals surface area contributed by atoms with Gasteiger partial charge in [0.25, 0.3) is 0 Å². The molecule has 0 heterocycles. The summed E-state index contributed by atoms with van der Waals surface area (Å²) in [5, 5.41) is 3.01. The second-order valence-electron chi connectivity index (χ2n) is 3.51. The summed E-state index contributed by atoms with van der Waals surface area (Å²) < 4.78 is 29.4. The maximum absolute atomic E-state index is 13.4. The molecule has 0 aromatic heterocycles. The number of ether oxygens (including phenoxy) is 1. The zero-order valence-corrected chi connectivity index (χ0v) is 10.8. The molecule has 1 aromatic rings. The number of benzene rings is 1. The number of nitrogen functional groups attached to an aromatic ring is 1. The molecule has 1 atom stereocenters. The van der Waals surface area contributed by atoms with E-state index in [2.05, 4.69) is 5.32 Å². The molecule has 0 saturated heterocycles. The molecule has 0 radical (unpaired) electrons. The van der Waals surface area contributed by atoms with Gasteiger partial charge in [0.05, 0.1) is 18.0 Å². The predicted molar refractivity (Wildman–Crippen MR) is 69.4 cm³/mol. The largest absolute Gasteiger partial charge is 0.491 e. The first kappa shape index (κ1) is 13.8. The van der Waals surface area contributed by atoms with E-state index in [1.165, 1.54) is 12.1 Å². The van der Waals surface area contributed by atoms with Gasteiger partial charge in [0.1, 0.15) is 0 Å². The summed E-state index contributed by atoms with van der Waals surface area (Å²) in [5.74, 6) is 0.205. The molecular formula is C11H17FN2O2S. The third-order valence-corrected chi connectivity index (χ3v) is 2.89. The van der Waals surface area contributed by atoms with E-state index in [4.69, 9.17) is 10.5 Å². The number of anilines is 2. The second-order valence-corrected chi connectivity index (χ2v) is 5.06. The lowest BCUT2D eigenvalue weighted by Gasteiger charge is -2.12. The van der Waals surface area contributed by atoms with Crippen LogP contribution in [0, 0.1) is 5.82 Å². The third kappa shape index (κ3) is 4.22. The molecule has 0 amide bonds. The van der Waals surface area contributed by atoms with E-state index in [-0.39, 0.29) is 5.75 Å². The lowest BCUT2D eigenvalue weighted by molar-refractivity contribution is 0.322. The number of nitrogens with two attached hydrogens (primary N) is 1. The van der Waals surface area contributed by atoms with Crippen molar-refractivity contribution in [3.63, 3.8) is 0 Å². The molecule has 1 aromatic carbocycles. The van der Waals surface area contributed by atoms with Gasteiger partial charge >= 0.3 is 0 Å². The van der Waals surface area contributed by atoms with Gasteiger partial charge in [-0.2, -0.15) is 0 Å². The van der Waals surface area contributed by atoms with Crippen LogP contribution in [0.25, 0.3) is 0 Å². The van der Waals surface area contributed by atoms with Gasteiger partial charge in [0, 0.05) is 41.5 Å². The van der Waals surface area contributed by atoms with Gasteiger partial charge < -0.3 is 15.8 Å². The Hall–Kier alpha value is -1.30. The van der Waals surface area contributed by atoms with Crippen LogP contribution in [-0.2, 0) is 10.8 Å².